The van der Waals surface area contributed by atoms with Crippen molar-refractivity contribution in [2.24, 2.45) is 0 Å². The van der Waals surface area contributed by atoms with E-state index in [1.165, 1.54) is 7.05 Å². The molecule has 0 aromatic heterocycles. The maximum absolute atomic E-state index is 12.6. The fraction of sp³-hybridized carbons (Fsp3) is 0.533. The molecule has 0 radical (unpaired) electrons. The Balaban J connectivity index is 2.25. The Labute approximate surface area is 126 Å². The molecule has 0 aliphatic heterocycles. The van der Waals surface area contributed by atoms with Gasteiger partial charge in [0.15, 0.2) is 0 Å². The number of amides is 1. The lowest BCUT2D eigenvalue weighted by molar-refractivity contribution is -0.125. The minimum Gasteiger partial charge on any atom is -0.352 e. The zero-order valence-electron chi connectivity index (χ0n) is 12.5. The standard InChI is InChI=1S/C15H22N2O3S/c1-17(21(2,19)20)14(12-8-4-3-5-9-12)15(18)16-13-10-6-7-11-13/h3-5,8-9,13-14H,6-7,10-11H2,1-2H3,(H,16,18). The molecule has 1 aliphatic rings. The second-order valence-electron chi connectivity index (χ2n) is 5.58. The molecule has 1 N–H and O–H groups in total. The van der Waals surface area contributed by atoms with Crippen LogP contribution in [0.3, 0.4) is 0 Å². The molecule has 1 fully saturated rings. The molecule has 5 nitrogen and oxygen atoms in total. The van der Waals surface area contributed by atoms with Gasteiger partial charge in [-0.25, -0.2) is 8.42 Å². The maximum Gasteiger partial charge on any atom is 0.243 e. The third kappa shape index (κ3) is 4.04. The number of nitrogens with one attached hydrogen (secondary N) is 1. The van der Waals surface area contributed by atoms with E-state index in [1.54, 1.807) is 24.3 Å². The lowest BCUT2D eigenvalue weighted by Gasteiger charge is -2.27. The van der Waals surface area contributed by atoms with E-state index in [9.17, 15) is 13.2 Å². The Hall–Kier alpha value is -1.40. The van der Waals surface area contributed by atoms with Crippen molar-refractivity contribution in [2.45, 2.75) is 37.8 Å². The molecular formula is C15H22N2O3S. The van der Waals surface area contributed by atoms with Gasteiger partial charge in [-0.05, 0) is 18.4 Å². The Morgan fingerprint density at radius 3 is 2.33 bits per heavy atom. The number of rotatable bonds is 5. The molecule has 21 heavy (non-hydrogen) atoms. The SMILES string of the molecule is CN(C(C(=O)NC1CCCC1)c1ccccc1)S(C)(=O)=O. The molecule has 6 heteroatoms. The van der Waals surface area contributed by atoms with Crippen molar-refractivity contribution >= 4 is 15.9 Å². The number of sulfonamides is 1. The highest BCUT2D eigenvalue weighted by Crippen LogP contribution is 2.24. The number of carbonyl (C=O) groups excluding carboxylic acids is 1. The number of carbonyl (C=O) groups is 1. The highest BCUT2D eigenvalue weighted by molar-refractivity contribution is 7.88. The van der Waals surface area contributed by atoms with Gasteiger partial charge >= 0.3 is 0 Å². The van der Waals surface area contributed by atoms with Gasteiger partial charge in [-0.3, -0.25) is 4.79 Å². The topological polar surface area (TPSA) is 66.5 Å². The lowest BCUT2D eigenvalue weighted by Crippen LogP contribution is -2.44. The molecule has 2 rings (SSSR count). The molecule has 0 heterocycles. The van der Waals surface area contributed by atoms with Crippen LogP contribution in [0.4, 0.5) is 0 Å². The van der Waals surface area contributed by atoms with Crippen molar-refractivity contribution in [1.29, 1.82) is 0 Å². The van der Waals surface area contributed by atoms with E-state index in [0.717, 1.165) is 36.2 Å². The second-order valence-corrected chi connectivity index (χ2v) is 7.62. The van der Waals surface area contributed by atoms with E-state index >= 15 is 0 Å². The monoisotopic (exact) mass is 310 g/mol. The third-order valence-electron chi connectivity index (χ3n) is 3.95. The van der Waals surface area contributed by atoms with Gasteiger partial charge in [0.05, 0.1) is 6.26 Å². The predicted molar refractivity (Wildman–Crippen MR) is 82.2 cm³/mol. The molecule has 0 bridgehead atoms. The normalized spacial score (nSPS) is 17.9. The third-order valence-corrected chi connectivity index (χ3v) is 5.21. The molecule has 0 spiro atoms. The molecule has 1 unspecified atom stereocenters. The predicted octanol–water partition coefficient (Wildman–Crippen LogP) is 1.68. The highest BCUT2D eigenvalue weighted by Gasteiger charge is 2.32. The summed E-state index contributed by atoms with van der Waals surface area (Å²) in [4.78, 5) is 12.6. The molecule has 1 aliphatic carbocycles. The Morgan fingerprint density at radius 1 is 1.24 bits per heavy atom. The van der Waals surface area contributed by atoms with Gasteiger partial charge in [-0.1, -0.05) is 43.2 Å². The summed E-state index contributed by atoms with van der Waals surface area (Å²) in [5.74, 6) is -0.249. The van der Waals surface area contributed by atoms with Crippen molar-refractivity contribution in [2.75, 3.05) is 13.3 Å². The zero-order valence-corrected chi connectivity index (χ0v) is 13.3. The van der Waals surface area contributed by atoms with Crippen LogP contribution >= 0.6 is 0 Å². The molecule has 1 aromatic rings. The van der Waals surface area contributed by atoms with Gasteiger partial charge in [-0.2, -0.15) is 4.31 Å². The first-order chi connectivity index (χ1) is 9.89. The summed E-state index contributed by atoms with van der Waals surface area (Å²) in [6.45, 7) is 0. The molecule has 0 saturated heterocycles. The molecular weight excluding hydrogens is 288 g/mol. The molecule has 1 saturated carbocycles. The van der Waals surface area contributed by atoms with E-state index in [2.05, 4.69) is 5.32 Å². The van der Waals surface area contributed by atoms with Crippen molar-refractivity contribution in [3.05, 3.63) is 35.9 Å². The van der Waals surface area contributed by atoms with Crippen molar-refractivity contribution in [1.82, 2.24) is 9.62 Å². The Kier molecular flexibility index (Phi) is 5.00. The first kappa shape index (κ1) is 16.0. The van der Waals surface area contributed by atoms with Gasteiger partial charge in [0.25, 0.3) is 0 Å². The number of benzene rings is 1. The van der Waals surface area contributed by atoms with Crippen LogP contribution in [-0.4, -0.2) is 38.0 Å². The maximum atomic E-state index is 12.6. The molecule has 1 aromatic carbocycles. The minimum atomic E-state index is -3.46. The summed E-state index contributed by atoms with van der Waals surface area (Å²) >= 11 is 0. The van der Waals surface area contributed by atoms with Crippen LogP contribution in [0.2, 0.25) is 0 Å². The first-order valence-corrected chi connectivity index (χ1v) is 9.03. The van der Waals surface area contributed by atoms with Crippen LogP contribution in [0.5, 0.6) is 0 Å². The quantitative estimate of drug-likeness (QED) is 0.900. The molecule has 1 amide bonds. The first-order valence-electron chi connectivity index (χ1n) is 7.18. The summed E-state index contributed by atoms with van der Waals surface area (Å²) < 4.78 is 24.8. The van der Waals surface area contributed by atoms with Gasteiger partial charge in [-0.15, -0.1) is 0 Å². The highest BCUT2D eigenvalue weighted by atomic mass is 32.2. The average molecular weight is 310 g/mol. The van der Waals surface area contributed by atoms with Crippen LogP contribution in [0, 0.1) is 0 Å². The summed E-state index contributed by atoms with van der Waals surface area (Å²) in [5.41, 5.74) is 0.681. The number of hydrogen-bond donors (Lipinski definition) is 1. The van der Waals surface area contributed by atoms with Crippen LogP contribution < -0.4 is 5.32 Å². The Bertz CT molecular complexity index is 580. The number of hydrogen-bond acceptors (Lipinski definition) is 3. The van der Waals surface area contributed by atoms with Crippen LogP contribution in [0.1, 0.15) is 37.3 Å². The van der Waals surface area contributed by atoms with E-state index in [1.807, 2.05) is 6.07 Å². The summed E-state index contributed by atoms with van der Waals surface area (Å²) in [7, 11) is -2.01. The minimum absolute atomic E-state index is 0.164. The van der Waals surface area contributed by atoms with E-state index in [-0.39, 0.29) is 11.9 Å². The van der Waals surface area contributed by atoms with Crippen molar-refractivity contribution < 1.29 is 13.2 Å². The van der Waals surface area contributed by atoms with Gasteiger partial charge in [0, 0.05) is 13.1 Å². The molecule has 1 atom stereocenters. The van der Waals surface area contributed by atoms with Crippen LogP contribution in [-0.2, 0) is 14.8 Å². The number of likely N-dealkylation sites (N-methyl/N-ethyl adjacent to an activating group) is 1. The van der Waals surface area contributed by atoms with Crippen molar-refractivity contribution in [3.63, 3.8) is 0 Å². The lowest BCUT2D eigenvalue weighted by atomic mass is 10.1. The van der Waals surface area contributed by atoms with E-state index in [0.29, 0.717) is 5.56 Å². The van der Waals surface area contributed by atoms with Crippen LogP contribution in [0.15, 0.2) is 30.3 Å². The van der Waals surface area contributed by atoms with Crippen molar-refractivity contribution in [3.8, 4) is 0 Å². The van der Waals surface area contributed by atoms with E-state index in [4.69, 9.17) is 0 Å². The Morgan fingerprint density at radius 2 is 1.81 bits per heavy atom. The van der Waals surface area contributed by atoms with Gasteiger partial charge in [0.2, 0.25) is 15.9 Å². The fourth-order valence-electron chi connectivity index (χ4n) is 2.70. The van der Waals surface area contributed by atoms with Gasteiger partial charge in [0.1, 0.15) is 6.04 Å². The zero-order chi connectivity index (χ0) is 15.5. The van der Waals surface area contributed by atoms with Crippen LogP contribution in [0.25, 0.3) is 0 Å². The smallest absolute Gasteiger partial charge is 0.243 e. The van der Waals surface area contributed by atoms with E-state index < -0.39 is 16.1 Å². The average Bonchev–Trinajstić information content (AvgIpc) is 2.92. The largest absolute Gasteiger partial charge is 0.352 e. The summed E-state index contributed by atoms with van der Waals surface area (Å²) in [6, 6.07) is 8.36. The fourth-order valence-corrected chi connectivity index (χ4v) is 3.30. The summed E-state index contributed by atoms with van der Waals surface area (Å²) in [5, 5.41) is 2.99. The number of nitrogens with zero attached hydrogens (tertiary/aromatic N) is 1. The second kappa shape index (κ2) is 6.58. The summed E-state index contributed by atoms with van der Waals surface area (Å²) in [6.07, 6.45) is 5.28. The van der Waals surface area contributed by atoms with Gasteiger partial charge < -0.3 is 5.32 Å². The molecule has 116 valence electrons.